The van der Waals surface area contributed by atoms with Crippen LogP contribution in [0.15, 0.2) is 18.2 Å². The van der Waals surface area contributed by atoms with Crippen molar-refractivity contribution in [3.63, 3.8) is 0 Å². The molecule has 5 aliphatic rings. The Hall–Kier alpha value is -1.59. The molecule has 6 rings (SSSR count). The first-order chi connectivity index (χ1) is 15.4. The fraction of sp³-hybridized carbons (Fsp3) is 0.692. The number of benzene rings is 1. The first kappa shape index (κ1) is 22.2. The molecule has 32 heavy (non-hydrogen) atoms. The Bertz CT molecular complexity index is 843. The van der Waals surface area contributed by atoms with Gasteiger partial charge in [0.1, 0.15) is 0 Å². The normalized spacial score (nSPS) is 31.7. The fourth-order valence-electron chi connectivity index (χ4n) is 7.37. The van der Waals surface area contributed by atoms with Crippen LogP contribution in [0.4, 0.5) is 0 Å². The Morgan fingerprint density at radius 1 is 1.03 bits per heavy atom. The maximum atomic E-state index is 12.7. The highest BCUT2D eigenvalue weighted by molar-refractivity contribution is 6.31. The largest absolute Gasteiger partial charge is 0.347 e. The van der Waals surface area contributed by atoms with Crippen LogP contribution in [-0.4, -0.2) is 54.3 Å². The van der Waals surface area contributed by atoms with Crippen molar-refractivity contribution in [2.75, 3.05) is 32.7 Å². The lowest BCUT2D eigenvalue weighted by Crippen LogP contribution is -2.51. The van der Waals surface area contributed by atoms with Gasteiger partial charge in [-0.25, -0.2) is 0 Å². The second-order valence-corrected chi connectivity index (χ2v) is 11.5. The van der Waals surface area contributed by atoms with Crippen molar-refractivity contribution < 1.29 is 9.59 Å². The second kappa shape index (κ2) is 8.98. The van der Waals surface area contributed by atoms with Crippen LogP contribution in [0.3, 0.4) is 0 Å². The average molecular weight is 458 g/mol. The molecule has 0 radical (unpaired) electrons. The summed E-state index contributed by atoms with van der Waals surface area (Å²) in [6.45, 7) is 6.05. The Kier molecular flexibility index (Phi) is 6.23. The molecule has 1 saturated heterocycles. The molecule has 6 heteroatoms. The predicted molar refractivity (Wildman–Crippen MR) is 126 cm³/mol. The topological polar surface area (TPSA) is 52.6 Å². The van der Waals surface area contributed by atoms with E-state index >= 15 is 0 Å². The predicted octanol–water partition coefficient (Wildman–Crippen LogP) is 4.02. The summed E-state index contributed by atoms with van der Waals surface area (Å²) >= 11 is 6.38. The van der Waals surface area contributed by atoms with E-state index in [2.05, 4.69) is 22.3 Å². The minimum atomic E-state index is 0.0388. The summed E-state index contributed by atoms with van der Waals surface area (Å²) in [5.41, 5.74) is 2.53. The van der Waals surface area contributed by atoms with Crippen LogP contribution in [0.5, 0.6) is 0 Å². The number of amides is 2. The average Bonchev–Trinajstić information content (AvgIpc) is 2.73. The van der Waals surface area contributed by atoms with Gasteiger partial charge in [0.2, 0.25) is 11.8 Å². The van der Waals surface area contributed by atoms with Crippen molar-refractivity contribution in [1.82, 2.24) is 15.1 Å². The molecule has 0 spiro atoms. The van der Waals surface area contributed by atoms with E-state index in [-0.39, 0.29) is 23.8 Å². The minimum absolute atomic E-state index is 0.0388. The molecule has 1 aromatic carbocycles. The summed E-state index contributed by atoms with van der Waals surface area (Å²) < 4.78 is 0. The molecule has 4 bridgehead atoms. The zero-order chi connectivity index (χ0) is 22.3. The van der Waals surface area contributed by atoms with Gasteiger partial charge in [0.05, 0.1) is 6.54 Å². The first-order valence-electron chi connectivity index (χ1n) is 12.4. The van der Waals surface area contributed by atoms with Crippen molar-refractivity contribution in [3.8, 4) is 0 Å². The van der Waals surface area contributed by atoms with Crippen molar-refractivity contribution >= 4 is 23.4 Å². The highest BCUT2D eigenvalue weighted by Gasteiger charge is 2.51. The van der Waals surface area contributed by atoms with Crippen LogP contribution in [0.1, 0.15) is 56.1 Å². The quantitative estimate of drug-likeness (QED) is 0.702. The van der Waals surface area contributed by atoms with E-state index in [1.807, 2.05) is 17.9 Å². The third-order valence-corrected chi connectivity index (χ3v) is 8.82. The van der Waals surface area contributed by atoms with Crippen LogP contribution in [0, 0.1) is 30.1 Å². The van der Waals surface area contributed by atoms with Crippen LogP contribution in [0.25, 0.3) is 0 Å². The van der Waals surface area contributed by atoms with Crippen LogP contribution < -0.4 is 5.32 Å². The molecular weight excluding hydrogens is 422 g/mol. The summed E-state index contributed by atoms with van der Waals surface area (Å²) in [6.07, 6.45) is 8.48. The SMILES string of the molecule is Cc1ccc(CN2CCN(C(=O)CNC(=O)CC34CC5CC(CC(C5)C3)C4)CC2)c(Cl)c1. The van der Waals surface area contributed by atoms with Gasteiger partial charge in [0, 0.05) is 44.2 Å². The number of nitrogens with one attached hydrogen (secondary N) is 1. The molecule has 4 aliphatic carbocycles. The molecule has 2 amide bonds. The number of carbonyl (C=O) groups is 2. The molecule has 1 N–H and O–H groups in total. The van der Waals surface area contributed by atoms with Crippen LogP contribution >= 0.6 is 11.6 Å². The van der Waals surface area contributed by atoms with Gasteiger partial charge in [-0.05, 0) is 85.8 Å². The highest BCUT2D eigenvalue weighted by Crippen LogP contribution is 2.61. The van der Waals surface area contributed by atoms with Gasteiger partial charge in [-0.2, -0.15) is 0 Å². The summed E-state index contributed by atoms with van der Waals surface area (Å²) in [5.74, 6) is 2.66. The first-order valence-corrected chi connectivity index (χ1v) is 12.8. The van der Waals surface area contributed by atoms with E-state index < -0.39 is 0 Å². The molecule has 1 aromatic rings. The van der Waals surface area contributed by atoms with E-state index in [4.69, 9.17) is 11.6 Å². The molecule has 1 aliphatic heterocycles. The van der Waals surface area contributed by atoms with Crippen molar-refractivity contribution in [3.05, 3.63) is 34.3 Å². The smallest absolute Gasteiger partial charge is 0.242 e. The Morgan fingerprint density at radius 2 is 1.66 bits per heavy atom. The summed E-state index contributed by atoms with van der Waals surface area (Å²) in [7, 11) is 0. The van der Waals surface area contributed by atoms with Gasteiger partial charge in [0.15, 0.2) is 0 Å². The Labute approximate surface area is 196 Å². The van der Waals surface area contributed by atoms with E-state index in [0.29, 0.717) is 19.5 Å². The van der Waals surface area contributed by atoms with Gasteiger partial charge >= 0.3 is 0 Å². The molecule has 1 heterocycles. The third-order valence-electron chi connectivity index (χ3n) is 8.46. The molecule has 4 saturated carbocycles. The van der Waals surface area contributed by atoms with Gasteiger partial charge in [-0.15, -0.1) is 0 Å². The Morgan fingerprint density at radius 3 is 2.25 bits per heavy atom. The molecule has 174 valence electrons. The maximum absolute atomic E-state index is 12.7. The van der Waals surface area contributed by atoms with E-state index in [0.717, 1.165) is 48.0 Å². The number of piperazine rings is 1. The number of hydrogen-bond donors (Lipinski definition) is 1. The monoisotopic (exact) mass is 457 g/mol. The molecule has 5 fully saturated rings. The molecule has 0 atom stereocenters. The lowest BCUT2D eigenvalue weighted by molar-refractivity contribution is -0.136. The lowest BCUT2D eigenvalue weighted by atomic mass is 9.49. The van der Waals surface area contributed by atoms with Crippen molar-refractivity contribution in [2.24, 2.45) is 23.2 Å². The van der Waals surface area contributed by atoms with Crippen molar-refractivity contribution in [2.45, 2.75) is 58.4 Å². The van der Waals surface area contributed by atoms with Crippen LogP contribution in [0.2, 0.25) is 5.02 Å². The van der Waals surface area contributed by atoms with Gasteiger partial charge in [-0.1, -0.05) is 23.7 Å². The zero-order valence-electron chi connectivity index (χ0n) is 19.2. The van der Waals surface area contributed by atoms with E-state index in [1.165, 1.54) is 44.1 Å². The van der Waals surface area contributed by atoms with Crippen molar-refractivity contribution in [1.29, 1.82) is 0 Å². The summed E-state index contributed by atoms with van der Waals surface area (Å²) in [5, 5.41) is 3.77. The zero-order valence-corrected chi connectivity index (χ0v) is 20.0. The molecule has 0 aromatic heterocycles. The number of aryl methyl sites for hydroxylation is 1. The van der Waals surface area contributed by atoms with Gasteiger partial charge in [0.25, 0.3) is 0 Å². The molecule has 5 nitrogen and oxygen atoms in total. The highest BCUT2D eigenvalue weighted by atomic mass is 35.5. The number of rotatable bonds is 6. The number of hydrogen-bond acceptors (Lipinski definition) is 3. The maximum Gasteiger partial charge on any atom is 0.242 e. The fourth-order valence-corrected chi connectivity index (χ4v) is 7.67. The van der Waals surface area contributed by atoms with Crippen LogP contribution in [-0.2, 0) is 16.1 Å². The number of nitrogens with zero attached hydrogens (tertiary/aromatic N) is 2. The lowest BCUT2D eigenvalue weighted by Gasteiger charge is -2.56. The summed E-state index contributed by atoms with van der Waals surface area (Å²) in [6, 6.07) is 6.18. The molecular formula is C26H36ClN3O2. The van der Waals surface area contributed by atoms with Gasteiger partial charge in [-0.3, -0.25) is 14.5 Å². The minimum Gasteiger partial charge on any atom is -0.347 e. The Balaban J connectivity index is 1.05. The third kappa shape index (κ3) is 4.84. The van der Waals surface area contributed by atoms with E-state index in [1.54, 1.807) is 0 Å². The second-order valence-electron chi connectivity index (χ2n) is 11.1. The standard InChI is InChI=1S/C26H36ClN3O2/c1-18-2-3-22(23(27)8-18)17-29-4-6-30(7-5-29)25(32)16-28-24(31)15-26-12-19-9-20(13-26)11-21(10-19)14-26/h2-3,8,19-21H,4-7,9-17H2,1H3,(H,28,31). The summed E-state index contributed by atoms with van der Waals surface area (Å²) in [4.78, 5) is 29.6. The van der Waals surface area contributed by atoms with E-state index in [9.17, 15) is 9.59 Å². The molecule has 0 unspecified atom stereocenters. The number of halogens is 1. The van der Waals surface area contributed by atoms with Gasteiger partial charge < -0.3 is 10.2 Å². The number of carbonyl (C=O) groups excluding carboxylic acids is 2.